The summed E-state index contributed by atoms with van der Waals surface area (Å²) in [4.78, 5) is 6.71. The number of hydrogen-bond donors (Lipinski definition) is 2. The SMILES string of the molecule is Cc1ncc(S(=O)(=O)N(C)C2CCCNC2)[nH]1. The molecular formula is C10H18N4O2S. The Bertz CT molecular complexity index is 476. The van der Waals surface area contributed by atoms with Crippen molar-refractivity contribution in [3.8, 4) is 0 Å². The maximum absolute atomic E-state index is 12.3. The lowest BCUT2D eigenvalue weighted by atomic mass is 10.1. The van der Waals surface area contributed by atoms with Gasteiger partial charge in [0.2, 0.25) is 0 Å². The van der Waals surface area contributed by atoms with Crippen molar-refractivity contribution in [2.75, 3.05) is 20.1 Å². The van der Waals surface area contributed by atoms with Gasteiger partial charge in [-0.05, 0) is 26.3 Å². The molecule has 1 saturated heterocycles. The maximum atomic E-state index is 12.3. The van der Waals surface area contributed by atoms with Crippen LogP contribution in [-0.2, 0) is 10.0 Å². The summed E-state index contributed by atoms with van der Waals surface area (Å²) in [5, 5.41) is 3.38. The first-order valence-electron chi connectivity index (χ1n) is 5.72. The van der Waals surface area contributed by atoms with Gasteiger partial charge in [-0.2, -0.15) is 4.31 Å². The van der Waals surface area contributed by atoms with E-state index >= 15 is 0 Å². The van der Waals surface area contributed by atoms with Crippen molar-refractivity contribution in [3.63, 3.8) is 0 Å². The molecule has 2 rings (SSSR count). The first-order chi connectivity index (χ1) is 8.01. The third-order valence-corrected chi connectivity index (χ3v) is 4.94. The largest absolute Gasteiger partial charge is 0.332 e. The van der Waals surface area contributed by atoms with Crippen molar-refractivity contribution >= 4 is 10.0 Å². The van der Waals surface area contributed by atoms with Gasteiger partial charge in [-0.25, -0.2) is 13.4 Å². The van der Waals surface area contributed by atoms with Gasteiger partial charge in [-0.15, -0.1) is 0 Å². The number of piperidine rings is 1. The summed E-state index contributed by atoms with van der Waals surface area (Å²) in [6.07, 6.45) is 3.28. The maximum Gasteiger partial charge on any atom is 0.260 e. The van der Waals surface area contributed by atoms with Gasteiger partial charge in [0.15, 0.2) is 5.03 Å². The minimum absolute atomic E-state index is 0.0253. The molecule has 0 saturated carbocycles. The molecule has 17 heavy (non-hydrogen) atoms. The molecule has 2 N–H and O–H groups in total. The van der Waals surface area contributed by atoms with Crippen LogP contribution in [0.5, 0.6) is 0 Å². The van der Waals surface area contributed by atoms with Crippen LogP contribution in [0.15, 0.2) is 11.2 Å². The lowest BCUT2D eigenvalue weighted by Gasteiger charge is -2.30. The average molecular weight is 258 g/mol. The molecule has 6 nitrogen and oxygen atoms in total. The molecule has 0 radical (unpaired) electrons. The fraction of sp³-hybridized carbons (Fsp3) is 0.700. The van der Waals surface area contributed by atoms with E-state index in [0.29, 0.717) is 12.4 Å². The van der Waals surface area contributed by atoms with Crippen LogP contribution < -0.4 is 5.32 Å². The Labute approximate surface area is 101 Å². The van der Waals surface area contributed by atoms with Crippen molar-refractivity contribution in [1.82, 2.24) is 19.6 Å². The van der Waals surface area contributed by atoms with Crippen LogP contribution in [-0.4, -0.2) is 48.9 Å². The molecule has 0 amide bonds. The van der Waals surface area contributed by atoms with Gasteiger partial charge < -0.3 is 10.3 Å². The Hall–Kier alpha value is -0.920. The Balaban J connectivity index is 2.20. The highest BCUT2D eigenvalue weighted by atomic mass is 32.2. The highest BCUT2D eigenvalue weighted by Gasteiger charge is 2.30. The molecule has 0 spiro atoms. The second-order valence-electron chi connectivity index (χ2n) is 4.35. The quantitative estimate of drug-likeness (QED) is 0.805. The number of nitrogens with one attached hydrogen (secondary N) is 2. The van der Waals surface area contributed by atoms with E-state index in [1.165, 1.54) is 10.5 Å². The third-order valence-electron chi connectivity index (χ3n) is 3.12. The Morgan fingerprint density at radius 1 is 1.53 bits per heavy atom. The van der Waals surface area contributed by atoms with Crippen LogP contribution in [0.25, 0.3) is 0 Å². The van der Waals surface area contributed by atoms with Crippen LogP contribution in [0.2, 0.25) is 0 Å². The zero-order valence-corrected chi connectivity index (χ0v) is 10.9. The van der Waals surface area contributed by atoms with Crippen molar-refractivity contribution in [1.29, 1.82) is 0 Å². The smallest absolute Gasteiger partial charge is 0.260 e. The summed E-state index contributed by atoms with van der Waals surface area (Å²) < 4.78 is 26.0. The van der Waals surface area contributed by atoms with E-state index in [4.69, 9.17) is 0 Å². The zero-order chi connectivity index (χ0) is 12.5. The van der Waals surface area contributed by atoms with Crippen molar-refractivity contribution in [2.24, 2.45) is 0 Å². The third kappa shape index (κ3) is 2.51. The highest BCUT2D eigenvalue weighted by Crippen LogP contribution is 2.18. The normalized spacial score (nSPS) is 21.9. The summed E-state index contributed by atoms with van der Waals surface area (Å²) in [5.74, 6) is 0.610. The monoisotopic (exact) mass is 258 g/mol. The molecule has 96 valence electrons. The number of H-pyrrole nitrogens is 1. The summed E-state index contributed by atoms with van der Waals surface area (Å²) in [5.41, 5.74) is 0. The first kappa shape index (κ1) is 12.5. The number of likely N-dealkylation sites (N-methyl/N-ethyl adjacent to an activating group) is 1. The molecule has 0 aromatic carbocycles. The predicted molar refractivity (Wildman–Crippen MR) is 64.2 cm³/mol. The van der Waals surface area contributed by atoms with Crippen molar-refractivity contribution in [3.05, 3.63) is 12.0 Å². The summed E-state index contributed by atoms with van der Waals surface area (Å²) in [6, 6.07) is 0.0253. The Kier molecular flexibility index (Phi) is 3.50. The molecule has 7 heteroatoms. The van der Waals surface area contributed by atoms with Crippen LogP contribution in [0, 0.1) is 6.92 Å². The van der Waals surface area contributed by atoms with E-state index < -0.39 is 10.0 Å². The predicted octanol–water partition coefficient (Wildman–Crippen LogP) is 0.0906. The van der Waals surface area contributed by atoms with E-state index in [-0.39, 0.29) is 11.1 Å². The molecule has 1 atom stereocenters. The van der Waals surface area contributed by atoms with Crippen LogP contribution in [0.1, 0.15) is 18.7 Å². The van der Waals surface area contributed by atoms with Crippen LogP contribution in [0.3, 0.4) is 0 Å². The van der Waals surface area contributed by atoms with Crippen molar-refractivity contribution < 1.29 is 8.42 Å². The van der Waals surface area contributed by atoms with Crippen LogP contribution in [0.4, 0.5) is 0 Å². The average Bonchev–Trinajstić information content (AvgIpc) is 2.77. The van der Waals surface area contributed by atoms with Gasteiger partial charge in [-0.1, -0.05) is 0 Å². The fourth-order valence-electron chi connectivity index (χ4n) is 2.02. The molecule has 1 aliphatic heterocycles. The summed E-state index contributed by atoms with van der Waals surface area (Å²) >= 11 is 0. The van der Waals surface area contributed by atoms with Gasteiger partial charge in [0.1, 0.15) is 5.82 Å². The number of aryl methyl sites for hydroxylation is 1. The molecule has 1 fully saturated rings. The zero-order valence-electron chi connectivity index (χ0n) is 10.1. The number of aromatic nitrogens is 2. The lowest BCUT2D eigenvalue weighted by molar-refractivity contribution is 0.299. The van der Waals surface area contributed by atoms with Gasteiger partial charge in [0.25, 0.3) is 10.0 Å². The summed E-state index contributed by atoms with van der Waals surface area (Å²) in [6.45, 7) is 3.41. The van der Waals surface area contributed by atoms with Crippen molar-refractivity contribution in [2.45, 2.75) is 30.8 Å². The molecule has 1 unspecified atom stereocenters. The van der Waals surface area contributed by atoms with Gasteiger partial charge in [0.05, 0.1) is 6.20 Å². The van der Waals surface area contributed by atoms with Crippen LogP contribution >= 0.6 is 0 Å². The van der Waals surface area contributed by atoms with E-state index in [2.05, 4.69) is 15.3 Å². The summed E-state index contributed by atoms with van der Waals surface area (Å²) in [7, 11) is -1.81. The fourth-order valence-corrected chi connectivity index (χ4v) is 3.37. The number of sulfonamides is 1. The molecule has 1 aliphatic rings. The molecule has 0 bridgehead atoms. The Morgan fingerprint density at radius 3 is 2.82 bits per heavy atom. The molecular weight excluding hydrogens is 240 g/mol. The van der Waals surface area contributed by atoms with Gasteiger partial charge in [0, 0.05) is 19.6 Å². The number of imidazole rings is 1. The second-order valence-corrected chi connectivity index (χ2v) is 6.32. The van der Waals surface area contributed by atoms with E-state index in [9.17, 15) is 8.42 Å². The van der Waals surface area contributed by atoms with E-state index in [0.717, 1.165) is 19.4 Å². The minimum Gasteiger partial charge on any atom is -0.332 e. The standard InChI is InChI=1S/C10H18N4O2S/c1-8-12-7-10(13-8)17(15,16)14(2)9-4-3-5-11-6-9/h7,9,11H,3-6H2,1-2H3,(H,12,13). The molecule has 1 aromatic heterocycles. The topological polar surface area (TPSA) is 78.1 Å². The molecule has 1 aromatic rings. The number of nitrogens with zero attached hydrogens (tertiary/aromatic N) is 2. The number of hydrogen-bond acceptors (Lipinski definition) is 4. The van der Waals surface area contributed by atoms with E-state index in [1.54, 1.807) is 14.0 Å². The molecule has 0 aliphatic carbocycles. The number of rotatable bonds is 3. The van der Waals surface area contributed by atoms with Gasteiger partial charge >= 0.3 is 0 Å². The van der Waals surface area contributed by atoms with Gasteiger partial charge in [-0.3, -0.25) is 0 Å². The van der Waals surface area contributed by atoms with E-state index in [1.807, 2.05) is 0 Å². The minimum atomic E-state index is -3.44. The first-order valence-corrected chi connectivity index (χ1v) is 7.16. The lowest BCUT2D eigenvalue weighted by Crippen LogP contribution is -2.46. The second kappa shape index (κ2) is 4.75. The highest BCUT2D eigenvalue weighted by molar-refractivity contribution is 7.89. The number of aromatic amines is 1. The molecule has 2 heterocycles. The Morgan fingerprint density at radius 2 is 2.29 bits per heavy atom.